The number of amides is 1. The molecule has 0 fully saturated rings. The number of carbonyl (C=O) groups is 2. The van der Waals surface area contributed by atoms with Crippen molar-refractivity contribution in [3.05, 3.63) is 35.5 Å². The molecule has 1 aromatic carbocycles. The number of cyclic esters (lactones) is 1. The second-order valence-electron chi connectivity index (χ2n) is 6.65. The minimum absolute atomic E-state index is 0.110. The first-order chi connectivity index (χ1) is 13.4. The summed E-state index contributed by atoms with van der Waals surface area (Å²) in [5.74, 6) is -2.90. The molecule has 2 aromatic rings. The van der Waals surface area contributed by atoms with Gasteiger partial charge in [0.25, 0.3) is 5.91 Å². The number of rotatable bonds is 8. The lowest BCUT2D eigenvalue weighted by atomic mass is 9.94. The fourth-order valence-corrected chi connectivity index (χ4v) is 3.41. The Balaban J connectivity index is 2.13. The molecule has 2 heterocycles. The lowest BCUT2D eigenvalue weighted by Gasteiger charge is -2.24. The second-order valence-corrected chi connectivity index (χ2v) is 6.65. The number of fused-ring (bicyclic) bond motifs is 1. The molecule has 1 amide bonds. The van der Waals surface area contributed by atoms with E-state index in [0.29, 0.717) is 17.9 Å². The lowest BCUT2D eigenvalue weighted by Crippen LogP contribution is -2.31. The zero-order valence-corrected chi connectivity index (χ0v) is 16.1. The summed E-state index contributed by atoms with van der Waals surface area (Å²) < 4.78 is 10.5. The quantitative estimate of drug-likeness (QED) is 0.277. The Morgan fingerprint density at radius 2 is 2.07 bits per heavy atom. The fraction of sp³-hybridized carbons (Fsp3) is 0.400. The summed E-state index contributed by atoms with van der Waals surface area (Å²) in [6, 6.07) is 7.20. The molecule has 0 saturated heterocycles. The highest BCUT2D eigenvalue weighted by Crippen LogP contribution is 2.42. The molecule has 1 aliphatic heterocycles. The largest absolute Gasteiger partial charge is 0.497 e. The van der Waals surface area contributed by atoms with E-state index in [4.69, 9.17) is 9.47 Å². The number of esters is 1. The monoisotopic (exact) mass is 388 g/mol. The van der Waals surface area contributed by atoms with Crippen LogP contribution in [0.2, 0.25) is 0 Å². The highest BCUT2D eigenvalue weighted by molar-refractivity contribution is 6.24. The number of carbonyl (C=O) groups excluding carboxylic acids is 2. The molecule has 3 rings (SSSR count). The summed E-state index contributed by atoms with van der Waals surface area (Å²) in [5.41, 5.74) is 3.13. The van der Waals surface area contributed by atoms with Gasteiger partial charge in [0.1, 0.15) is 11.3 Å². The van der Waals surface area contributed by atoms with Crippen molar-refractivity contribution in [2.24, 2.45) is 0 Å². The third kappa shape index (κ3) is 3.61. The van der Waals surface area contributed by atoms with Crippen LogP contribution in [-0.2, 0) is 19.2 Å². The molecular formula is C20H24N2O6. The normalized spacial score (nSPS) is 19.2. The molecule has 8 nitrogen and oxygen atoms in total. The zero-order valence-electron chi connectivity index (χ0n) is 16.1. The van der Waals surface area contributed by atoms with Crippen LogP contribution >= 0.6 is 0 Å². The van der Waals surface area contributed by atoms with Crippen molar-refractivity contribution in [1.29, 1.82) is 0 Å². The average molecular weight is 388 g/mol. The first kappa shape index (κ1) is 19.9. The van der Waals surface area contributed by atoms with E-state index in [9.17, 15) is 14.7 Å². The minimum Gasteiger partial charge on any atom is -0.497 e. The summed E-state index contributed by atoms with van der Waals surface area (Å²) in [4.78, 5) is 32.7. The van der Waals surface area contributed by atoms with Crippen LogP contribution in [0.25, 0.3) is 16.5 Å². The van der Waals surface area contributed by atoms with Gasteiger partial charge in [-0.05, 0) is 24.6 Å². The first-order valence-electron chi connectivity index (χ1n) is 9.14. The number of hydrogen-bond acceptors (Lipinski definition) is 6. The van der Waals surface area contributed by atoms with Gasteiger partial charge in [0.05, 0.1) is 25.5 Å². The summed E-state index contributed by atoms with van der Waals surface area (Å²) in [5, 5.41) is 12.0. The van der Waals surface area contributed by atoms with Crippen molar-refractivity contribution in [2.45, 2.75) is 38.4 Å². The molecule has 3 N–H and O–H groups in total. The predicted molar refractivity (Wildman–Crippen MR) is 102 cm³/mol. The van der Waals surface area contributed by atoms with Gasteiger partial charge in [-0.2, -0.15) is 0 Å². The number of aromatic nitrogens is 1. The third-order valence-electron chi connectivity index (χ3n) is 4.75. The van der Waals surface area contributed by atoms with E-state index < -0.39 is 17.7 Å². The molecule has 150 valence electrons. The Morgan fingerprint density at radius 3 is 2.75 bits per heavy atom. The van der Waals surface area contributed by atoms with Gasteiger partial charge < -0.3 is 19.6 Å². The number of aromatic amines is 1. The predicted octanol–water partition coefficient (Wildman–Crippen LogP) is 2.43. The molecule has 0 bridgehead atoms. The zero-order chi connectivity index (χ0) is 20.3. The van der Waals surface area contributed by atoms with Gasteiger partial charge in [-0.25, -0.2) is 10.3 Å². The van der Waals surface area contributed by atoms with Crippen LogP contribution < -0.4 is 10.2 Å². The number of hydrogen-bond donors (Lipinski definition) is 3. The minimum atomic E-state index is -1.89. The van der Waals surface area contributed by atoms with Crippen LogP contribution in [0.5, 0.6) is 5.75 Å². The van der Waals surface area contributed by atoms with Crippen molar-refractivity contribution in [3.8, 4) is 5.75 Å². The maximum absolute atomic E-state index is 12.4. The standard InChI is InChI=1S/C20H24N2O6/c1-4-5-6-9-20(25)17(16(19(24)28-20)18(23)22-27-3)15-10-12-7-8-13(26-2)11-14(12)21-15/h7-8,10-11,21,25H,4-6,9H2,1-3H3,(H,22,23). The summed E-state index contributed by atoms with van der Waals surface area (Å²) in [7, 11) is 2.83. The highest BCUT2D eigenvalue weighted by Gasteiger charge is 2.49. The van der Waals surface area contributed by atoms with Crippen molar-refractivity contribution in [1.82, 2.24) is 10.5 Å². The van der Waals surface area contributed by atoms with Gasteiger partial charge in [-0.15, -0.1) is 0 Å². The number of ether oxygens (including phenoxy) is 2. The fourth-order valence-electron chi connectivity index (χ4n) is 3.41. The molecule has 8 heteroatoms. The maximum atomic E-state index is 12.4. The van der Waals surface area contributed by atoms with E-state index >= 15 is 0 Å². The highest BCUT2D eigenvalue weighted by atomic mass is 16.7. The number of benzene rings is 1. The summed E-state index contributed by atoms with van der Waals surface area (Å²) >= 11 is 0. The van der Waals surface area contributed by atoms with Gasteiger partial charge >= 0.3 is 5.97 Å². The molecule has 0 aliphatic carbocycles. The average Bonchev–Trinajstić information content (AvgIpc) is 3.19. The molecule has 1 aromatic heterocycles. The molecule has 0 spiro atoms. The third-order valence-corrected chi connectivity index (χ3v) is 4.75. The number of methoxy groups -OCH3 is 1. The summed E-state index contributed by atoms with van der Waals surface area (Å²) in [6.07, 6.45) is 2.62. The molecular weight excluding hydrogens is 364 g/mol. The van der Waals surface area contributed by atoms with Crippen molar-refractivity contribution >= 4 is 28.4 Å². The first-order valence-corrected chi connectivity index (χ1v) is 9.14. The second kappa shape index (κ2) is 8.04. The molecule has 28 heavy (non-hydrogen) atoms. The summed E-state index contributed by atoms with van der Waals surface area (Å²) in [6.45, 7) is 2.03. The Hall–Kier alpha value is -2.84. The Morgan fingerprint density at radius 1 is 1.29 bits per heavy atom. The topological polar surface area (TPSA) is 110 Å². The van der Waals surface area contributed by atoms with E-state index in [0.717, 1.165) is 23.7 Å². The SMILES string of the molecule is CCCCCC1(O)OC(=O)C(C(=O)NOC)=C1c1cc2ccc(OC)cc2[nH]1. The van der Waals surface area contributed by atoms with Crippen LogP contribution in [0.1, 0.15) is 38.3 Å². The van der Waals surface area contributed by atoms with E-state index in [1.54, 1.807) is 25.3 Å². The van der Waals surface area contributed by atoms with E-state index in [-0.39, 0.29) is 17.6 Å². The van der Waals surface area contributed by atoms with E-state index in [1.165, 1.54) is 7.11 Å². The van der Waals surface area contributed by atoms with Gasteiger partial charge in [0.15, 0.2) is 0 Å². The smallest absolute Gasteiger partial charge is 0.347 e. The van der Waals surface area contributed by atoms with Crippen molar-refractivity contribution in [2.75, 3.05) is 14.2 Å². The number of nitrogens with one attached hydrogen (secondary N) is 2. The molecule has 1 unspecified atom stereocenters. The number of aliphatic hydroxyl groups is 1. The Labute approximate surface area is 162 Å². The van der Waals surface area contributed by atoms with Crippen LogP contribution in [-0.4, -0.2) is 42.0 Å². The maximum Gasteiger partial charge on any atom is 0.347 e. The van der Waals surface area contributed by atoms with E-state index in [1.807, 2.05) is 13.0 Å². The van der Waals surface area contributed by atoms with Crippen LogP contribution in [0.15, 0.2) is 29.8 Å². The van der Waals surface area contributed by atoms with Gasteiger partial charge in [-0.3, -0.25) is 9.63 Å². The van der Waals surface area contributed by atoms with Gasteiger partial charge in [0.2, 0.25) is 5.79 Å². The number of H-pyrrole nitrogens is 1. The van der Waals surface area contributed by atoms with Crippen molar-refractivity contribution in [3.63, 3.8) is 0 Å². The van der Waals surface area contributed by atoms with Gasteiger partial charge in [-0.1, -0.05) is 19.8 Å². The Kier molecular flexibility index (Phi) is 5.71. The molecule has 0 radical (unpaired) electrons. The Bertz CT molecular complexity index is 932. The van der Waals surface area contributed by atoms with Crippen molar-refractivity contribution < 1.29 is 29.0 Å². The number of hydroxylamine groups is 1. The van der Waals surface area contributed by atoms with Crippen LogP contribution in [0, 0.1) is 0 Å². The van der Waals surface area contributed by atoms with Crippen LogP contribution in [0.4, 0.5) is 0 Å². The lowest BCUT2D eigenvalue weighted by molar-refractivity contribution is -0.178. The van der Waals surface area contributed by atoms with E-state index in [2.05, 4.69) is 15.3 Å². The number of unbranched alkanes of at least 4 members (excludes halogenated alkanes) is 2. The van der Waals surface area contributed by atoms with Crippen LogP contribution in [0.3, 0.4) is 0 Å². The molecule has 1 atom stereocenters. The van der Waals surface area contributed by atoms with Gasteiger partial charge in [0, 0.05) is 23.4 Å². The molecule has 0 saturated carbocycles. The molecule has 1 aliphatic rings.